The van der Waals surface area contributed by atoms with Gasteiger partial charge in [0.25, 0.3) is 0 Å². The van der Waals surface area contributed by atoms with Gasteiger partial charge in [-0.1, -0.05) is 18.9 Å². The lowest BCUT2D eigenvalue weighted by Gasteiger charge is -2.31. The van der Waals surface area contributed by atoms with Crippen LogP contribution >= 0.6 is 24.0 Å². The van der Waals surface area contributed by atoms with Crippen LogP contribution in [0.2, 0.25) is 0 Å². The maximum absolute atomic E-state index is 12.7. The molecule has 0 aliphatic heterocycles. The van der Waals surface area contributed by atoms with Crippen LogP contribution in [0.1, 0.15) is 44.0 Å². The van der Waals surface area contributed by atoms with Gasteiger partial charge in [0.1, 0.15) is 0 Å². The van der Waals surface area contributed by atoms with Crippen molar-refractivity contribution in [1.29, 1.82) is 0 Å². The van der Waals surface area contributed by atoms with Gasteiger partial charge in [0.05, 0.1) is 17.7 Å². The minimum atomic E-state index is -0.304. The SMILES string of the molecule is CCNC(=NCc1cccc(C)n1)NCC1(C(=O)N(C)C)CCCC1.I. The predicted octanol–water partition coefficient (Wildman–Crippen LogP) is 2.71. The second kappa shape index (κ2) is 10.7. The van der Waals surface area contributed by atoms with Crippen molar-refractivity contribution < 1.29 is 4.79 Å². The summed E-state index contributed by atoms with van der Waals surface area (Å²) in [5, 5.41) is 6.65. The van der Waals surface area contributed by atoms with Crippen molar-refractivity contribution in [2.45, 2.75) is 46.1 Å². The molecule has 0 atom stereocenters. The highest BCUT2D eigenvalue weighted by Crippen LogP contribution is 2.38. The summed E-state index contributed by atoms with van der Waals surface area (Å²) in [6, 6.07) is 5.96. The Bertz CT molecular complexity index is 612. The lowest BCUT2D eigenvalue weighted by molar-refractivity contribution is -0.138. The second-order valence-electron chi connectivity index (χ2n) is 7.01. The smallest absolute Gasteiger partial charge is 0.230 e. The molecule has 1 amide bonds. The molecule has 26 heavy (non-hydrogen) atoms. The fourth-order valence-electron chi connectivity index (χ4n) is 3.43. The summed E-state index contributed by atoms with van der Waals surface area (Å²) in [5.41, 5.74) is 1.63. The van der Waals surface area contributed by atoms with Gasteiger partial charge < -0.3 is 15.5 Å². The molecule has 0 saturated heterocycles. The van der Waals surface area contributed by atoms with Gasteiger partial charge in [-0.15, -0.1) is 24.0 Å². The maximum Gasteiger partial charge on any atom is 0.230 e. The van der Waals surface area contributed by atoms with Gasteiger partial charge in [0.15, 0.2) is 5.96 Å². The lowest BCUT2D eigenvalue weighted by Crippen LogP contribution is -2.49. The van der Waals surface area contributed by atoms with Crippen molar-refractivity contribution in [1.82, 2.24) is 20.5 Å². The van der Waals surface area contributed by atoms with E-state index in [1.165, 1.54) is 0 Å². The first-order chi connectivity index (χ1) is 12.0. The van der Waals surface area contributed by atoms with Gasteiger partial charge in [-0.25, -0.2) is 4.99 Å². The minimum absolute atomic E-state index is 0. The van der Waals surface area contributed by atoms with Crippen LogP contribution in [0.4, 0.5) is 0 Å². The van der Waals surface area contributed by atoms with Gasteiger partial charge >= 0.3 is 0 Å². The zero-order valence-corrected chi connectivity index (χ0v) is 18.7. The number of guanidine groups is 1. The highest BCUT2D eigenvalue weighted by Gasteiger charge is 2.42. The number of hydrogen-bond donors (Lipinski definition) is 2. The van der Waals surface area contributed by atoms with Crippen molar-refractivity contribution in [2.75, 3.05) is 27.2 Å². The highest BCUT2D eigenvalue weighted by molar-refractivity contribution is 14.0. The van der Waals surface area contributed by atoms with Gasteiger partial charge in [-0.05, 0) is 38.8 Å². The molecule has 1 fully saturated rings. The van der Waals surface area contributed by atoms with Crippen molar-refractivity contribution >= 4 is 35.8 Å². The summed E-state index contributed by atoms with van der Waals surface area (Å²) >= 11 is 0. The molecule has 1 aliphatic rings. The Balaban J connectivity index is 0.00000338. The van der Waals surface area contributed by atoms with E-state index in [1.807, 2.05) is 46.1 Å². The number of rotatable bonds is 6. The first kappa shape index (κ1) is 22.7. The first-order valence-corrected chi connectivity index (χ1v) is 9.13. The molecule has 146 valence electrons. The molecule has 7 heteroatoms. The number of amides is 1. The number of halogens is 1. The summed E-state index contributed by atoms with van der Waals surface area (Å²) in [5.74, 6) is 0.956. The number of nitrogens with one attached hydrogen (secondary N) is 2. The Labute approximate surface area is 174 Å². The fourth-order valence-corrected chi connectivity index (χ4v) is 3.43. The molecule has 1 aromatic heterocycles. The monoisotopic (exact) mass is 473 g/mol. The largest absolute Gasteiger partial charge is 0.357 e. The molecule has 2 rings (SSSR count). The molecule has 0 bridgehead atoms. The number of pyridine rings is 1. The summed E-state index contributed by atoms with van der Waals surface area (Å²) in [4.78, 5) is 23.5. The number of aliphatic imine (C=N–C) groups is 1. The number of carbonyl (C=O) groups is 1. The minimum Gasteiger partial charge on any atom is -0.357 e. The molecule has 1 aromatic rings. The van der Waals surface area contributed by atoms with Crippen LogP contribution in [0.15, 0.2) is 23.2 Å². The van der Waals surface area contributed by atoms with E-state index in [9.17, 15) is 4.79 Å². The normalized spacial score (nSPS) is 15.9. The van der Waals surface area contributed by atoms with E-state index in [1.54, 1.807) is 4.90 Å². The molecule has 1 saturated carbocycles. The first-order valence-electron chi connectivity index (χ1n) is 9.13. The van der Waals surface area contributed by atoms with E-state index in [0.29, 0.717) is 13.1 Å². The molecular weight excluding hydrogens is 441 g/mol. The second-order valence-corrected chi connectivity index (χ2v) is 7.01. The zero-order valence-electron chi connectivity index (χ0n) is 16.3. The third-order valence-electron chi connectivity index (χ3n) is 4.70. The summed E-state index contributed by atoms with van der Waals surface area (Å²) in [6.45, 7) is 5.94. The van der Waals surface area contributed by atoms with Crippen LogP contribution in [-0.2, 0) is 11.3 Å². The van der Waals surface area contributed by atoms with Crippen molar-refractivity contribution in [3.8, 4) is 0 Å². The Kier molecular flexibility index (Phi) is 9.32. The third-order valence-corrected chi connectivity index (χ3v) is 4.70. The molecule has 6 nitrogen and oxygen atoms in total. The molecule has 0 unspecified atom stereocenters. The van der Waals surface area contributed by atoms with Gasteiger partial charge in [-0.2, -0.15) is 0 Å². The Morgan fingerprint density at radius 3 is 2.54 bits per heavy atom. The third kappa shape index (κ3) is 6.10. The summed E-state index contributed by atoms with van der Waals surface area (Å²) < 4.78 is 0. The Morgan fingerprint density at radius 2 is 1.96 bits per heavy atom. The standard InChI is InChI=1S/C19H31N5O.HI/c1-5-20-18(21-13-16-10-8-9-15(2)23-16)22-14-19(11-6-7-12-19)17(25)24(3)4;/h8-10H,5-7,11-14H2,1-4H3,(H2,20,21,22);1H. The maximum atomic E-state index is 12.7. The topological polar surface area (TPSA) is 69.6 Å². The molecular formula is C19H32IN5O. The van der Waals surface area contributed by atoms with Crippen LogP contribution in [0.25, 0.3) is 0 Å². The van der Waals surface area contributed by atoms with E-state index >= 15 is 0 Å². The van der Waals surface area contributed by atoms with E-state index in [4.69, 9.17) is 0 Å². The van der Waals surface area contributed by atoms with Gasteiger partial charge in [-0.3, -0.25) is 9.78 Å². The van der Waals surface area contributed by atoms with Crippen LogP contribution in [-0.4, -0.2) is 48.9 Å². The van der Waals surface area contributed by atoms with E-state index < -0.39 is 0 Å². The van der Waals surface area contributed by atoms with Crippen LogP contribution in [0.3, 0.4) is 0 Å². The molecule has 0 radical (unpaired) electrons. The molecule has 1 aliphatic carbocycles. The van der Waals surface area contributed by atoms with Crippen molar-refractivity contribution in [3.63, 3.8) is 0 Å². The molecule has 0 spiro atoms. The summed E-state index contributed by atoms with van der Waals surface area (Å²) in [7, 11) is 3.68. The van der Waals surface area contributed by atoms with E-state index in [-0.39, 0.29) is 35.3 Å². The molecule has 0 aromatic carbocycles. The van der Waals surface area contributed by atoms with Gasteiger partial charge in [0, 0.05) is 32.9 Å². The predicted molar refractivity (Wildman–Crippen MR) is 117 cm³/mol. The number of aryl methyl sites for hydroxylation is 1. The quantitative estimate of drug-likeness (QED) is 0.379. The average molecular weight is 473 g/mol. The summed E-state index contributed by atoms with van der Waals surface area (Å²) in [6.07, 6.45) is 4.11. The number of carbonyl (C=O) groups excluding carboxylic acids is 1. The zero-order chi connectivity index (χ0) is 18.3. The van der Waals surface area contributed by atoms with Crippen molar-refractivity contribution in [2.24, 2.45) is 10.4 Å². The van der Waals surface area contributed by atoms with Crippen LogP contribution in [0.5, 0.6) is 0 Å². The van der Waals surface area contributed by atoms with E-state index in [2.05, 4.69) is 20.6 Å². The Morgan fingerprint density at radius 1 is 1.27 bits per heavy atom. The molecule has 2 N–H and O–H groups in total. The van der Waals surface area contributed by atoms with Crippen molar-refractivity contribution in [3.05, 3.63) is 29.6 Å². The van der Waals surface area contributed by atoms with Crippen LogP contribution in [0, 0.1) is 12.3 Å². The fraction of sp³-hybridized carbons (Fsp3) is 0.632. The molecule has 1 heterocycles. The Hall–Kier alpha value is -1.38. The number of nitrogens with zero attached hydrogens (tertiary/aromatic N) is 3. The lowest BCUT2D eigenvalue weighted by atomic mass is 9.84. The van der Waals surface area contributed by atoms with Gasteiger partial charge in [0.2, 0.25) is 5.91 Å². The van der Waals surface area contributed by atoms with Crippen LogP contribution < -0.4 is 10.6 Å². The highest BCUT2D eigenvalue weighted by atomic mass is 127. The number of hydrogen-bond acceptors (Lipinski definition) is 3. The average Bonchev–Trinajstić information content (AvgIpc) is 3.06. The number of aromatic nitrogens is 1. The van der Waals surface area contributed by atoms with E-state index in [0.717, 1.165) is 49.6 Å².